The number of aromatic nitrogens is 4. The monoisotopic (exact) mass is 633 g/mol. The summed E-state index contributed by atoms with van der Waals surface area (Å²) in [5, 5.41) is 16.3. The van der Waals surface area contributed by atoms with E-state index in [2.05, 4.69) is 42.0 Å². The SMILES string of the molecule is [2H]c1c([2H])c(-n2c(-c3nonc3NC([2H])([2H])C([2H])([2H])NC(c3ccccc3)(c3ccccc3)c3ccccc3)noc2=O)c([2H])c(Br)c1F. The van der Waals surface area contributed by atoms with Gasteiger partial charge in [0.05, 0.1) is 22.6 Å². The number of rotatable bonds is 10. The fraction of sp³-hybridized carbons (Fsp3) is 0.0968. The highest BCUT2D eigenvalue weighted by molar-refractivity contribution is 9.10. The van der Waals surface area contributed by atoms with Crippen LogP contribution in [0.15, 0.2) is 128 Å². The molecule has 2 N–H and O–H groups in total. The minimum Gasteiger partial charge on any atom is -0.364 e. The van der Waals surface area contributed by atoms with Gasteiger partial charge in [0.1, 0.15) is 5.82 Å². The second-order valence-corrected chi connectivity index (χ2v) is 9.56. The molecule has 0 unspecified atom stereocenters. The first-order chi connectivity index (χ1) is 23.3. The summed E-state index contributed by atoms with van der Waals surface area (Å²) in [6, 6.07) is 24.5. The van der Waals surface area contributed by atoms with E-state index in [0.717, 1.165) is 0 Å². The van der Waals surface area contributed by atoms with Crippen molar-refractivity contribution in [1.82, 2.24) is 25.4 Å². The van der Waals surface area contributed by atoms with Gasteiger partial charge in [-0.05, 0) is 61.1 Å². The van der Waals surface area contributed by atoms with E-state index in [4.69, 9.17) is 18.7 Å². The third kappa shape index (κ3) is 5.15. The molecule has 0 aliphatic carbocycles. The van der Waals surface area contributed by atoms with Crippen molar-refractivity contribution in [3.8, 4) is 17.2 Å². The van der Waals surface area contributed by atoms with Crippen LogP contribution >= 0.6 is 15.9 Å². The molecule has 0 atom stereocenters. The molecule has 210 valence electrons. The molecule has 0 bridgehead atoms. The molecule has 0 saturated heterocycles. The van der Waals surface area contributed by atoms with Crippen molar-refractivity contribution in [2.45, 2.75) is 5.54 Å². The van der Waals surface area contributed by atoms with Gasteiger partial charge in [0.25, 0.3) is 0 Å². The Hall–Kier alpha value is -4.87. The molecule has 2 heterocycles. The molecule has 0 aliphatic rings. The average molecular weight is 635 g/mol. The van der Waals surface area contributed by atoms with Crippen molar-refractivity contribution in [2.24, 2.45) is 0 Å². The van der Waals surface area contributed by atoms with Gasteiger partial charge in [0, 0.05) is 15.7 Å². The number of hydrogen-bond donors (Lipinski definition) is 2. The van der Waals surface area contributed by atoms with E-state index < -0.39 is 75.7 Å². The molecule has 0 saturated carbocycles. The maximum Gasteiger partial charge on any atom is 0.446 e. The minimum atomic E-state index is -3.02. The third-order valence-corrected chi connectivity index (χ3v) is 6.90. The second-order valence-electron chi connectivity index (χ2n) is 8.77. The standard InChI is InChI=1S/C31H24BrFN6O3/c32-25-20-24(16-17-26(25)33)39-29(38-41-30(39)40)27-28(37-42-36-27)34-18-19-35-31(21-10-4-1-5-11-21,22-12-6-2-7-13-22)23-14-8-3-9-15-23/h1-17,20,35H,18-19H2,(H,34,37)/i16D,17D,18D2,19D2,20D. The first-order valence-corrected chi connectivity index (χ1v) is 13.2. The molecule has 6 rings (SSSR count). The molecular formula is C31H24BrFN6O3. The highest BCUT2D eigenvalue weighted by Crippen LogP contribution is 2.36. The quantitative estimate of drug-likeness (QED) is 0.183. The van der Waals surface area contributed by atoms with Gasteiger partial charge in [-0.3, -0.25) is 9.84 Å². The van der Waals surface area contributed by atoms with E-state index in [-0.39, 0.29) is 0 Å². The van der Waals surface area contributed by atoms with Crippen LogP contribution < -0.4 is 16.4 Å². The van der Waals surface area contributed by atoms with E-state index in [1.165, 1.54) is 0 Å². The first kappa shape index (κ1) is 20.1. The summed E-state index contributed by atoms with van der Waals surface area (Å²) in [4.78, 5) is 12.8. The normalized spacial score (nSPS) is 14.6. The Morgan fingerprint density at radius 3 is 2.07 bits per heavy atom. The van der Waals surface area contributed by atoms with Gasteiger partial charge in [0.15, 0.2) is 5.69 Å². The Morgan fingerprint density at radius 1 is 0.881 bits per heavy atom. The van der Waals surface area contributed by atoms with Gasteiger partial charge < -0.3 is 5.32 Å². The van der Waals surface area contributed by atoms with Gasteiger partial charge in [-0.2, -0.15) is 0 Å². The molecule has 0 radical (unpaired) electrons. The predicted molar refractivity (Wildman–Crippen MR) is 159 cm³/mol. The maximum atomic E-state index is 14.4. The van der Waals surface area contributed by atoms with Crippen LogP contribution in [0.4, 0.5) is 10.2 Å². The lowest BCUT2D eigenvalue weighted by Gasteiger charge is -2.37. The molecule has 0 amide bonds. The first-order valence-electron chi connectivity index (χ1n) is 15.9. The number of nitrogens with one attached hydrogen (secondary N) is 2. The van der Waals surface area contributed by atoms with Crippen molar-refractivity contribution in [3.63, 3.8) is 0 Å². The summed E-state index contributed by atoms with van der Waals surface area (Å²) < 4.78 is 84.8. The fourth-order valence-corrected chi connectivity index (χ4v) is 4.77. The van der Waals surface area contributed by atoms with E-state index in [1.807, 2.05) is 18.2 Å². The summed E-state index contributed by atoms with van der Waals surface area (Å²) >= 11 is 2.86. The van der Waals surface area contributed by atoms with Gasteiger partial charge in [-0.25, -0.2) is 18.4 Å². The maximum absolute atomic E-state index is 14.4. The van der Waals surface area contributed by atoms with Crippen LogP contribution in [0.2, 0.25) is 0 Å². The van der Waals surface area contributed by atoms with Gasteiger partial charge >= 0.3 is 5.76 Å². The van der Waals surface area contributed by atoms with Crippen molar-refractivity contribution in [1.29, 1.82) is 0 Å². The molecule has 42 heavy (non-hydrogen) atoms. The van der Waals surface area contributed by atoms with Crippen LogP contribution in [0, 0.1) is 5.82 Å². The summed E-state index contributed by atoms with van der Waals surface area (Å²) in [7, 11) is 0. The number of nitrogens with zero attached hydrogens (tertiary/aromatic N) is 4. The number of halogens is 2. The van der Waals surface area contributed by atoms with Crippen LogP contribution in [0.25, 0.3) is 17.2 Å². The highest BCUT2D eigenvalue weighted by atomic mass is 79.9. The van der Waals surface area contributed by atoms with Crippen LogP contribution in [0.3, 0.4) is 0 Å². The van der Waals surface area contributed by atoms with E-state index in [9.17, 15) is 9.18 Å². The number of hydrogen-bond acceptors (Lipinski definition) is 8. The molecule has 0 fully saturated rings. The number of benzene rings is 4. The Kier molecular flexibility index (Phi) is 5.70. The Morgan fingerprint density at radius 2 is 1.48 bits per heavy atom. The molecule has 6 aromatic rings. The van der Waals surface area contributed by atoms with Crippen LogP contribution in [0.1, 0.15) is 26.3 Å². The molecule has 11 heteroatoms. The topological polar surface area (TPSA) is 111 Å². The average Bonchev–Trinajstić information content (AvgIpc) is 3.71. The Balaban J connectivity index is 1.45. The lowest BCUT2D eigenvalue weighted by molar-refractivity contribution is 0.309. The summed E-state index contributed by atoms with van der Waals surface area (Å²) in [5.41, 5.74) is -0.667. The number of anilines is 1. The zero-order valence-electron chi connectivity index (χ0n) is 28.4. The van der Waals surface area contributed by atoms with Crippen LogP contribution in [0.5, 0.6) is 0 Å². The largest absolute Gasteiger partial charge is 0.446 e. The Bertz CT molecular complexity index is 2060. The summed E-state index contributed by atoms with van der Waals surface area (Å²) in [6.07, 6.45) is 0. The zero-order valence-corrected chi connectivity index (χ0v) is 23.0. The van der Waals surface area contributed by atoms with E-state index in [1.54, 1.807) is 72.8 Å². The smallest absolute Gasteiger partial charge is 0.364 e. The van der Waals surface area contributed by atoms with Crippen LogP contribution in [-0.2, 0) is 5.54 Å². The summed E-state index contributed by atoms with van der Waals surface area (Å²) in [5.74, 6) is -3.53. The molecule has 9 nitrogen and oxygen atoms in total. The lowest BCUT2D eigenvalue weighted by atomic mass is 9.77. The Labute approximate surface area is 257 Å². The molecule has 2 aromatic heterocycles. The van der Waals surface area contributed by atoms with Crippen molar-refractivity contribution in [3.05, 3.63) is 147 Å². The molecule has 4 aromatic carbocycles. The van der Waals surface area contributed by atoms with Gasteiger partial charge in [-0.15, -0.1) is 0 Å². The van der Waals surface area contributed by atoms with E-state index >= 15 is 0 Å². The highest BCUT2D eigenvalue weighted by Gasteiger charge is 2.35. The van der Waals surface area contributed by atoms with Gasteiger partial charge in [0.2, 0.25) is 11.6 Å². The molecule has 0 aliphatic heterocycles. The third-order valence-electron chi connectivity index (χ3n) is 6.35. The van der Waals surface area contributed by atoms with Crippen molar-refractivity contribution in [2.75, 3.05) is 18.3 Å². The van der Waals surface area contributed by atoms with Gasteiger partial charge in [-0.1, -0.05) is 96.2 Å². The van der Waals surface area contributed by atoms with E-state index in [0.29, 0.717) is 21.3 Å². The molecular weight excluding hydrogens is 603 g/mol. The predicted octanol–water partition coefficient (Wildman–Crippen LogP) is 5.77. The molecule has 0 spiro atoms. The lowest BCUT2D eigenvalue weighted by Crippen LogP contribution is -2.46. The fourth-order valence-electron chi connectivity index (χ4n) is 4.48. The second kappa shape index (κ2) is 11.9. The van der Waals surface area contributed by atoms with Crippen LogP contribution in [-0.4, -0.2) is 33.0 Å². The van der Waals surface area contributed by atoms with Crippen molar-refractivity contribution >= 4 is 21.7 Å². The summed E-state index contributed by atoms with van der Waals surface area (Å²) in [6.45, 7) is -5.95. The minimum absolute atomic E-state index is 0.475. The zero-order chi connectivity index (χ0) is 35.1. The van der Waals surface area contributed by atoms with Crippen molar-refractivity contribution < 1.29 is 23.1 Å².